The van der Waals surface area contributed by atoms with Crippen LogP contribution < -0.4 is 5.56 Å². The third-order valence-corrected chi connectivity index (χ3v) is 6.48. The van der Waals surface area contributed by atoms with Crippen molar-refractivity contribution in [2.24, 2.45) is 0 Å². The first-order valence-corrected chi connectivity index (χ1v) is 11.7. The van der Waals surface area contributed by atoms with Gasteiger partial charge in [-0.15, -0.1) is 0 Å². The largest absolute Gasteiger partial charge is 0.297 e. The third kappa shape index (κ3) is 4.06. The monoisotopic (exact) mass is 424 g/mol. The standard InChI is InChI=1S/C22H24N4O3S/c1-14-5-4-6-17(15(14)2)19-8-7-16(11-23-19)12-26-10-9-20-18(13-26)21(27)25-22(24-20)30(3,28)29/h4-8,11H,9-10,12-13H2,1-3H3,(H,24,25,27). The molecule has 0 aliphatic carbocycles. The number of H-pyrrole nitrogens is 1. The fourth-order valence-corrected chi connectivity index (χ4v) is 4.29. The van der Waals surface area contributed by atoms with E-state index in [-0.39, 0.29) is 10.7 Å². The van der Waals surface area contributed by atoms with Gasteiger partial charge in [0.15, 0.2) is 0 Å². The summed E-state index contributed by atoms with van der Waals surface area (Å²) >= 11 is 0. The van der Waals surface area contributed by atoms with Gasteiger partial charge in [-0.3, -0.25) is 19.7 Å². The van der Waals surface area contributed by atoms with Crippen molar-refractivity contribution in [3.05, 3.63) is 74.8 Å². The van der Waals surface area contributed by atoms with Crippen LogP contribution in [0.1, 0.15) is 27.9 Å². The van der Waals surface area contributed by atoms with Crippen molar-refractivity contribution in [2.45, 2.75) is 38.5 Å². The zero-order chi connectivity index (χ0) is 21.5. The van der Waals surface area contributed by atoms with Crippen LogP contribution in [0.2, 0.25) is 0 Å². The molecule has 4 rings (SSSR count). The number of nitrogens with one attached hydrogen (secondary N) is 1. The molecule has 2 aromatic heterocycles. The lowest BCUT2D eigenvalue weighted by Crippen LogP contribution is -2.36. The van der Waals surface area contributed by atoms with Crippen LogP contribution in [0.4, 0.5) is 0 Å². The van der Waals surface area contributed by atoms with Gasteiger partial charge in [-0.2, -0.15) is 0 Å². The van der Waals surface area contributed by atoms with Gasteiger partial charge in [0, 0.05) is 44.1 Å². The molecule has 0 atom stereocenters. The number of rotatable bonds is 4. The Hall–Kier alpha value is -2.84. The number of pyridine rings is 1. The highest BCUT2D eigenvalue weighted by atomic mass is 32.2. The highest BCUT2D eigenvalue weighted by Gasteiger charge is 2.23. The lowest BCUT2D eigenvalue weighted by atomic mass is 10.0. The molecule has 0 bridgehead atoms. The van der Waals surface area contributed by atoms with Gasteiger partial charge in [-0.1, -0.05) is 24.3 Å². The Morgan fingerprint density at radius 1 is 1.17 bits per heavy atom. The molecule has 0 spiro atoms. The Labute approximate surface area is 175 Å². The van der Waals surface area contributed by atoms with Crippen LogP contribution in [-0.2, 0) is 29.3 Å². The van der Waals surface area contributed by atoms with E-state index in [9.17, 15) is 13.2 Å². The highest BCUT2D eigenvalue weighted by molar-refractivity contribution is 7.90. The van der Waals surface area contributed by atoms with E-state index in [1.54, 1.807) is 0 Å². The van der Waals surface area contributed by atoms with E-state index in [0.29, 0.717) is 37.3 Å². The number of nitrogens with zero attached hydrogens (tertiary/aromatic N) is 3. The number of aromatic nitrogens is 3. The van der Waals surface area contributed by atoms with Crippen molar-refractivity contribution in [1.29, 1.82) is 0 Å². The average molecular weight is 425 g/mol. The van der Waals surface area contributed by atoms with Gasteiger partial charge in [-0.25, -0.2) is 13.4 Å². The van der Waals surface area contributed by atoms with Crippen LogP contribution in [0.15, 0.2) is 46.5 Å². The third-order valence-electron chi connectivity index (χ3n) is 5.59. The zero-order valence-electron chi connectivity index (χ0n) is 17.3. The van der Waals surface area contributed by atoms with E-state index in [4.69, 9.17) is 0 Å². The first-order valence-electron chi connectivity index (χ1n) is 9.78. The van der Waals surface area contributed by atoms with Gasteiger partial charge in [-0.05, 0) is 36.6 Å². The molecule has 1 aliphatic rings. The summed E-state index contributed by atoms with van der Waals surface area (Å²) < 4.78 is 23.4. The normalized spacial score (nSPS) is 14.5. The van der Waals surface area contributed by atoms with E-state index in [1.807, 2.05) is 18.3 Å². The molecule has 0 amide bonds. The molecule has 1 aliphatic heterocycles. The molecule has 0 saturated carbocycles. The SMILES string of the molecule is Cc1cccc(-c2ccc(CN3CCc4nc(S(C)(=O)=O)[nH]c(=O)c4C3)cn2)c1C. The van der Waals surface area contributed by atoms with Gasteiger partial charge >= 0.3 is 0 Å². The molecular weight excluding hydrogens is 400 g/mol. The van der Waals surface area contributed by atoms with Crippen molar-refractivity contribution in [3.8, 4) is 11.3 Å². The van der Waals surface area contributed by atoms with E-state index < -0.39 is 9.84 Å². The highest BCUT2D eigenvalue weighted by Crippen LogP contribution is 2.24. The molecule has 3 heterocycles. The van der Waals surface area contributed by atoms with Gasteiger partial charge in [0.2, 0.25) is 15.0 Å². The summed E-state index contributed by atoms with van der Waals surface area (Å²) in [5, 5.41) is -0.258. The van der Waals surface area contributed by atoms with Crippen LogP contribution in [0.5, 0.6) is 0 Å². The molecule has 30 heavy (non-hydrogen) atoms. The van der Waals surface area contributed by atoms with Crippen molar-refractivity contribution >= 4 is 9.84 Å². The molecule has 7 nitrogen and oxygen atoms in total. The summed E-state index contributed by atoms with van der Waals surface area (Å²) in [7, 11) is -3.54. The average Bonchev–Trinajstić information content (AvgIpc) is 2.70. The lowest BCUT2D eigenvalue weighted by molar-refractivity contribution is 0.240. The topological polar surface area (TPSA) is 96.0 Å². The number of benzene rings is 1. The maximum absolute atomic E-state index is 12.4. The molecule has 8 heteroatoms. The summed E-state index contributed by atoms with van der Waals surface area (Å²) in [5.41, 5.74) is 6.32. The number of aryl methyl sites for hydroxylation is 1. The summed E-state index contributed by atoms with van der Waals surface area (Å²) in [6.07, 6.45) is 3.46. The van der Waals surface area contributed by atoms with Gasteiger partial charge in [0.25, 0.3) is 5.56 Å². The van der Waals surface area contributed by atoms with Crippen molar-refractivity contribution < 1.29 is 8.42 Å². The Kier molecular flexibility index (Phi) is 5.29. The predicted molar refractivity (Wildman–Crippen MR) is 115 cm³/mol. The van der Waals surface area contributed by atoms with Crippen LogP contribution in [0, 0.1) is 13.8 Å². The van der Waals surface area contributed by atoms with E-state index in [2.05, 4.69) is 51.9 Å². The summed E-state index contributed by atoms with van der Waals surface area (Å²) in [5.74, 6) is 0. The van der Waals surface area contributed by atoms with E-state index in [1.165, 1.54) is 11.1 Å². The number of hydrogen-bond donors (Lipinski definition) is 1. The molecular formula is C22H24N4O3S. The van der Waals surface area contributed by atoms with E-state index >= 15 is 0 Å². The fourth-order valence-electron chi connectivity index (χ4n) is 3.73. The predicted octanol–water partition coefficient (Wildman–Crippen LogP) is 2.41. The minimum atomic E-state index is -3.54. The molecule has 1 aromatic carbocycles. The summed E-state index contributed by atoms with van der Waals surface area (Å²) in [6, 6.07) is 10.3. The molecule has 0 unspecified atom stereocenters. The number of hydrogen-bond acceptors (Lipinski definition) is 6. The first-order chi connectivity index (χ1) is 14.2. The van der Waals surface area contributed by atoms with Crippen molar-refractivity contribution in [2.75, 3.05) is 12.8 Å². The summed E-state index contributed by atoms with van der Waals surface area (Å²) in [6.45, 7) is 5.99. The first kappa shape index (κ1) is 20.4. The van der Waals surface area contributed by atoms with Gasteiger partial charge in [0.05, 0.1) is 17.0 Å². The van der Waals surface area contributed by atoms with Crippen molar-refractivity contribution in [1.82, 2.24) is 19.9 Å². The zero-order valence-corrected chi connectivity index (χ0v) is 18.1. The maximum atomic E-state index is 12.4. The quantitative estimate of drug-likeness (QED) is 0.646. The van der Waals surface area contributed by atoms with Crippen molar-refractivity contribution in [3.63, 3.8) is 0 Å². The molecule has 156 valence electrons. The number of aromatic amines is 1. The van der Waals surface area contributed by atoms with E-state index in [0.717, 1.165) is 23.1 Å². The number of sulfone groups is 1. The Morgan fingerprint density at radius 2 is 1.97 bits per heavy atom. The second-order valence-corrected chi connectivity index (χ2v) is 9.76. The molecule has 3 aromatic rings. The fraction of sp³-hybridized carbons (Fsp3) is 0.318. The van der Waals surface area contributed by atoms with Crippen LogP contribution in [-0.4, -0.2) is 41.1 Å². The van der Waals surface area contributed by atoms with Crippen LogP contribution in [0.25, 0.3) is 11.3 Å². The molecule has 1 N–H and O–H groups in total. The molecule has 0 fully saturated rings. The second-order valence-electron chi connectivity index (χ2n) is 7.83. The summed E-state index contributed by atoms with van der Waals surface area (Å²) in [4.78, 5) is 25.7. The van der Waals surface area contributed by atoms with Crippen LogP contribution in [0.3, 0.4) is 0 Å². The van der Waals surface area contributed by atoms with Crippen LogP contribution >= 0.6 is 0 Å². The van der Waals surface area contributed by atoms with Gasteiger partial charge < -0.3 is 0 Å². The Bertz CT molecular complexity index is 1260. The lowest BCUT2D eigenvalue weighted by Gasteiger charge is -2.27. The minimum Gasteiger partial charge on any atom is -0.297 e. The minimum absolute atomic E-state index is 0.258. The Balaban J connectivity index is 1.51. The smallest absolute Gasteiger partial charge is 0.256 e. The Morgan fingerprint density at radius 3 is 2.67 bits per heavy atom. The number of fused-ring (bicyclic) bond motifs is 1. The molecule has 0 saturated heterocycles. The molecule has 0 radical (unpaired) electrons. The second kappa shape index (κ2) is 7.77. The van der Waals surface area contributed by atoms with Gasteiger partial charge in [0.1, 0.15) is 0 Å². The maximum Gasteiger partial charge on any atom is 0.256 e.